The molecule has 0 bridgehead atoms. The average Bonchev–Trinajstić information content (AvgIpc) is 2.27. The van der Waals surface area contributed by atoms with Crippen molar-refractivity contribution in [1.29, 1.82) is 0 Å². The van der Waals surface area contributed by atoms with Gasteiger partial charge in [-0.3, -0.25) is 9.59 Å². The van der Waals surface area contributed by atoms with Gasteiger partial charge in [-0.2, -0.15) is 0 Å². The number of carbonyl (C=O) groups is 2. The first-order valence-corrected chi connectivity index (χ1v) is 6.04. The summed E-state index contributed by atoms with van der Waals surface area (Å²) in [6.45, 7) is 7.59. The highest BCUT2D eigenvalue weighted by Gasteiger charge is 2.14. The third-order valence-electron chi connectivity index (χ3n) is 2.24. The number of anilines is 1. The quantitative estimate of drug-likeness (QED) is 0.863. The number of amides is 2. The van der Waals surface area contributed by atoms with Crippen LogP contribution in [0.25, 0.3) is 0 Å². The van der Waals surface area contributed by atoms with Gasteiger partial charge in [-0.1, -0.05) is 6.92 Å². The zero-order valence-corrected chi connectivity index (χ0v) is 11.3. The third kappa shape index (κ3) is 4.57. The summed E-state index contributed by atoms with van der Waals surface area (Å²) in [5.41, 5.74) is 1.03. The molecule has 0 fully saturated rings. The van der Waals surface area contributed by atoms with Gasteiger partial charge in [0, 0.05) is 23.2 Å². The third-order valence-corrected chi connectivity index (χ3v) is 2.24. The first-order valence-electron chi connectivity index (χ1n) is 6.04. The second-order valence-electron chi connectivity index (χ2n) is 5.18. The van der Waals surface area contributed by atoms with Crippen molar-refractivity contribution in [2.24, 2.45) is 0 Å². The maximum absolute atomic E-state index is 11.9. The molecule has 1 aromatic rings. The first-order chi connectivity index (χ1) is 8.31. The molecule has 2 amide bonds. The lowest BCUT2D eigenvalue weighted by Gasteiger charge is -2.20. The van der Waals surface area contributed by atoms with Crippen LogP contribution in [0.5, 0.6) is 0 Å². The summed E-state index contributed by atoms with van der Waals surface area (Å²) in [6.07, 6.45) is 0.437. The van der Waals surface area contributed by atoms with Crippen LogP contribution in [-0.2, 0) is 4.79 Å². The summed E-state index contributed by atoms with van der Waals surface area (Å²) >= 11 is 0. The highest BCUT2D eigenvalue weighted by atomic mass is 16.2. The van der Waals surface area contributed by atoms with E-state index in [2.05, 4.69) is 10.6 Å². The molecule has 0 aliphatic heterocycles. The van der Waals surface area contributed by atoms with Crippen LogP contribution in [0, 0.1) is 0 Å². The Morgan fingerprint density at radius 1 is 1.11 bits per heavy atom. The number of benzene rings is 1. The van der Waals surface area contributed by atoms with Crippen molar-refractivity contribution in [2.45, 2.75) is 39.7 Å². The van der Waals surface area contributed by atoms with Crippen LogP contribution in [0.1, 0.15) is 44.5 Å². The monoisotopic (exact) mass is 248 g/mol. The summed E-state index contributed by atoms with van der Waals surface area (Å²) in [5, 5.41) is 5.62. The van der Waals surface area contributed by atoms with E-state index in [4.69, 9.17) is 0 Å². The number of hydrogen-bond acceptors (Lipinski definition) is 2. The Morgan fingerprint density at radius 3 is 2.11 bits per heavy atom. The predicted octanol–water partition coefficient (Wildman–Crippen LogP) is 2.56. The van der Waals surface area contributed by atoms with E-state index in [9.17, 15) is 9.59 Å². The normalized spacial score (nSPS) is 10.9. The standard InChI is InChI=1S/C14H20N2O2/c1-5-12(17)15-11-8-6-10(7-9-11)13(18)16-14(2,3)4/h6-9H,5H2,1-4H3,(H,15,17)(H,16,18). The van der Waals surface area contributed by atoms with Gasteiger partial charge in [0.25, 0.3) is 5.91 Å². The lowest BCUT2D eigenvalue weighted by molar-refractivity contribution is -0.115. The van der Waals surface area contributed by atoms with Gasteiger partial charge in [0.1, 0.15) is 0 Å². The van der Waals surface area contributed by atoms with E-state index in [1.165, 1.54) is 0 Å². The molecule has 1 rings (SSSR count). The summed E-state index contributed by atoms with van der Waals surface area (Å²) in [6, 6.07) is 6.86. The van der Waals surface area contributed by atoms with Crippen LogP contribution < -0.4 is 10.6 Å². The van der Waals surface area contributed by atoms with Crippen LogP contribution in [0.2, 0.25) is 0 Å². The molecule has 0 atom stereocenters. The van der Waals surface area contributed by atoms with Crippen molar-refractivity contribution < 1.29 is 9.59 Å². The Hall–Kier alpha value is -1.84. The topological polar surface area (TPSA) is 58.2 Å². The van der Waals surface area contributed by atoms with Gasteiger partial charge in [-0.15, -0.1) is 0 Å². The minimum absolute atomic E-state index is 0.0399. The lowest BCUT2D eigenvalue weighted by atomic mass is 10.1. The highest BCUT2D eigenvalue weighted by molar-refractivity contribution is 5.96. The molecule has 0 radical (unpaired) electrons. The molecular weight excluding hydrogens is 228 g/mol. The van der Waals surface area contributed by atoms with Crippen molar-refractivity contribution in [3.8, 4) is 0 Å². The Kier molecular flexibility index (Phi) is 4.48. The fraction of sp³-hybridized carbons (Fsp3) is 0.429. The zero-order chi connectivity index (χ0) is 13.8. The van der Waals surface area contributed by atoms with Crippen molar-refractivity contribution in [2.75, 3.05) is 5.32 Å². The van der Waals surface area contributed by atoms with E-state index < -0.39 is 0 Å². The smallest absolute Gasteiger partial charge is 0.251 e. The van der Waals surface area contributed by atoms with Crippen molar-refractivity contribution in [3.63, 3.8) is 0 Å². The molecule has 0 aliphatic rings. The molecule has 0 aliphatic carbocycles. The minimum atomic E-state index is -0.258. The molecule has 0 saturated carbocycles. The molecule has 0 saturated heterocycles. The van der Waals surface area contributed by atoms with Crippen LogP contribution in [0.3, 0.4) is 0 Å². The summed E-state index contributed by atoms with van der Waals surface area (Å²) in [7, 11) is 0. The maximum Gasteiger partial charge on any atom is 0.251 e. The molecule has 0 aromatic heterocycles. The summed E-state index contributed by atoms with van der Waals surface area (Å²) in [5.74, 6) is -0.155. The molecule has 1 aromatic carbocycles. The van der Waals surface area contributed by atoms with Gasteiger partial charge in [-0.05, 0) is 45.0 Å². The molecule has 4 heteroatoms. The molecular formula is C14H20N2O2. The molecule has 2 N–H and O–H groups in total. The Balaban J connectivity index is 2.71. The number of rotatable bonds is 3. The van der Waals surface area contributed by atoms with Crippen molar-refractivity contribution in [3.05, 3.63) is 29.8 Å². The molecule has 0 unspecified atom stereocenters. The lowest BCUT2D eigenvalue weighted by Crippen LogP contribution is -2.40. The first kappa shape index (κ1) is 14.2. The number of nitrogens with one attached hydrogen (secondary N) is 2. The fourth-order valence-electron chi connectivity index (χ4n) is 1.37. The molecule has 98 valence electrons. The maximum atomic E-state index is 11.9. The number of carbonyl (C=O) groups excluding carboxylic acids is 2. The number of hydrogen-bond donors (Lipinski definition) is 2. The van der Waals surface area contributed by atoms with Crippen LogP contribution in [0.15, 0.2) is 24.3 Å². The van der Waals surface area contributed by atoms with Crippen LogP contribution in [-0.4, -0.2) is 17.4 Å². The van der Waals surface area contributed by atoms with Gasteiger partial charge < -0.3 is 10.6 Å². The van der Waals surface area contributed by atoms with Gasteiger partial charge in [0.15, 0.2) is 0 Å². The van der Waals surface area contributed by atoms with E-state index >= 15 is 0 Å². The van der Waals surface area contributed by atoms with Gasteiger partial charge >= 0.3 is 0 Å². The highest BCUT2D eigenvalue weighted by Crippen LogP contribution is 2.11. The van der Waals surface area contributed by atoms with E-state index in [-0.39, 0.29) is 17.4 Å². The molecule has 4 nitrogen and oxygen atoms in total. The van der Waals surface area contributed by atoms with Gasteiger partial charge in [0.05, 0.1) is 0 Å². The van der Waals surface area contributed by atoms with E-state index in [0.29, 0.717) is 17.7 Å². The molecule has 0 spiro atoms. The van der Waals surface area contributed by atoms with Crippen LogP contribution in [0.4, 0.5) is 5.69 Å². The Morgan fingerprint density at radius 2 is 1.67 bits per heavy atom. The largest absolute Gasteiger partial charge is 0.347 e. The Bertz CT molecular complexity index is 430. The van der Waals surface area contributed by atoms with E-state index in [1.807, 2.05) is 20.8 Å². The SMILES string of the molecule is CCC(=O)Nc1ccc(C(=O)NC(C)(C)C)cc1. The molecule has 0 heterocycles. The molecule has 18 heavy (non-hydrogen) atoms. The predicted molar refractivity (Wildman–Crippen MR) is 72.6 cm³/mol. The van der Waals surface area contributed by atoms with Crippen LogP contribution >= 0.6 is 0 Å². The average molecular weight is 248 g/mol. The Labute approximate surface area is 108 Å². The fourth-order valence-corrected chi connectivity index (χ4v) is 1.37. The minimum Gasteiger partial charge on any atom is -0.347 e. The van der Waals surface area contributed by atoms with E-state index in [0.717, 1.165) is 0 Å². The van der Waals surface area contributed by atoms with Gasteiger partial charge in [0.2, 0.25) is 5.91 Å². The van der Waals surface area contributed by atoms with Crippen molar-refractivity contribution >= 4 is 17.5 Å². The van der Waals surface area contributed by atoms with Gasteiger partial charge in [-0.25, -0.2) is 0 Å². The summed E-state index contributed by atoms with van der Waals surface area (Å²) in [4.78, 5) is 23.0. The zero-order valence-electron chi connectivity index (χ0n) is 11.3. The van der Waals surface area contributed by atoms with E-state index in [1.54, 1.807) is 31.2 Å². The van der Waals surface area contributed by atoms with Crippen molar-refractivity contribution in [1.82, 2.24) is 5.32 Å². The second-order valence-corrected chi connectivity index (χ2v) is 5.18. The second kappa shape index (κ2) is 5.67. The summed E-state index contributed by atoms with van der Waals surface area (Å²) < 4.78 is 0.